The van der Waals surface area contributed by atoms with Gasteiger partial charge in [-0.15, -0.1) is 0 Å². The number of aromatic nitrogens is 2. The van der Waals surface area contributed by atoms with E-state index in [1.807, 2.05) is 18.3 Å². The van der Waals surface area contributed by atoms with Crippen molar-refractivity contribution in [3.05, 3.63) is 83.7 Å². The number of hydrogen-bond donors (Lipinski definition) is 1. The van der Waals surface area contributed by atoms with Gasteiger partial charge in [0, 0.05) is 11.9 Å². The quantitative estimate of drug-likeness (QED) is 0.564. The highest BCUT2D eigenvalue weighted by molar-refractivity contribution is 6.73. The van der Waals surface area contributed by atoms with Gasteiger partial charge in [-0.3, -0.25) is 4.98 Å². The molecule has 0 spiro atoms. The fraction of sp³-hybridized carbons (Fsp3) is 0.105. The smallest absolute Gasteiger partial charge is 0.241 e. The van der Waals surface area contributed by atoms with Crippen LogP contribution in [0.5, 0.6) is 0 Å². The van der Waals surface area contributed by atoms with E-state index in [4.69, 9.17) is 0 Å². The Kier molecular flexibility index (Phi) is 4.54. The van der Waals surface area contributed by atoms with E-state index in [-0.39, 0.29) is 0 Å². The molecule has 0 saturated carbocycles. The van der Waals surface area contributed by atoms with Crippen LogP contribution in [0.4, 0.5) is 0 Å². The van der Waals surface area contributed by atoms with Crippen LogP contribution in [0, 0.1) is 0 Å². The zero-order chi connectivity index (χ0) is 15.2. The van der Waals surface area contributed by atoms with Gasteiger partial charge in [-0.25, -0.2) is 0 Å². The summed E-state index contributed by atoms with van der Waals surface area (Å²) in [5.74, 6) is 0. The molecule has 2 nitrogen and oxygen atoms in total. The average Bonchev–Trinajstić information content (AvgIpc) is 3.04. The Labute approximate surface area is 132 Å². The summed E-state index contributed by atoms with van der Waals surface area (Å²) in [7, 11) is 2.10. The molecule has 0 bridgehead atoms. The molecule has 0 aliphatic rings. The first-order valence-corrected chi connectivity index (χ1v) is 7.56. The first-order valence-electron chi connectivity index (χ1n) is 7.56. The lowest BCUT2D eigenvalue weighted by Crippen LogP contribution is -2.20. The molecule has 0 amide bonds. The highest BCUT2D eigenvalue weighted by Crippen LogP contribution is 2.16. The van der Waals surface area contributed by atoms with Crippen LogP contribution in [0.25, 0.3) is 11.5 Å². The molecule has 1 aromatic heterocycles. The van der Waals surface area contributed by atoms with Gasteiger partial charge in [0.15, 0.2) is 0 Å². The van der Waals surface area contributed by atoms with Gasteiger partial charge in [0.25, 0.3) is 0 Å². The highest BCUT2D eigenvalue weighted by Gasteiger charge is 2.08. The van der Waals surface area contributed by atoms with E-state index in [0.717, 1.165) is 23.3 Å². The Hall–Kier alpha value is -2.55. The predicted octanol–water partition coefficient (Wildman–Crippen LogP) is 3.50. The number of hydrogen-bond acceptors (Lipinski definition) is 1. The maximum atomic E-state index is 4.44. The van der Waals surface area contributed by atoms with Crippen LogP contribution < -0.4 is 5.72 Å². The van der Waals surface area contributed by atoms with Crippen molar-refractivity contribution in [2.45, 2.75) is 13.3 Å². The molecule has 107 valence electrons. The molecule has 22 heavy (non-hydrogen) atoms. The summed E-state index contributed by atoms with van der Waals surface area (Å²) in [6.07, 6.45) is 5.05. The number of nitrogens with zero attached hydrogens (tertiary/aromatic N) is 1. The number of imidazole rings is 1. The molecule has 0 aliphatic heterocycles. The van der Waals surface area contributed by atoms with E-state index < -0.39 is 0 Å². The second-order valence-corrected chi connectivity index (χ2v) is 5.17. The maximum Gasteiger partial charge on any atom is 0.241 e. The molecule has 1 N–H and O–H groups in total. The van der Waals surface area contributed by atoms with Crippen LogP contribution in [-0.4, -0.2) is 17.2 Å². The second kappa shape index (κ2) is 6.94. The van der Waals surface area contributed by atoms with Gasteiger partial charge in [0.05, 0.1) is 5.72 Å². The minimum Gasteiger partial charge on any atom is -0.354 e. The Morgan fingerprint density at radius 2 is 1.73 bits per heavy atom. The molecule has 0 unspecified atom stereocenters. The average molecular weight is 285 g/mol. The van der Waals surface area contributed by atoms with Gasteiger partial charge in [0.2, 0.25) is 7.28 Å². The minimum absolute atomic E-state index is 0.892. The van der Waals surface area contributed by atoms with E-state index >= 15 is 0 Å². The Bertz CT molecular complexity index is 745. The van der Waals surface area contributed by atoms with Gasteiger partial charge in [-0.2, -0.15) is 0 Å². The van der Waals surface area contributed by atoms with Crippen molar-refractivity contribution in [1.29, 1.82) is 0 Å². The van der Waals surface area contributed by atoms with Crippen molar-refractivity contribution in [1.82, 2.24) is 9.97 Å². The molecule has 3 aromatic rings. The number of H-pyrrole nitrogens is 1. The van der Waals surface area contributed by atoms with Gasteiger partial charge < -0.3 is 4.98 Å². The first kappa shape index (κ1) is 14.4. The monoisotopic (exact) mass is 285 g/mol. The minimum atomic E-state index is 0.892. The number of rotatable bonds is 5. The number of benzene rings is 2. The SMILES string of the molecule is CCc1cnc([B]C(=Cc2ccccc2)c2ccccc2)[nH]1. The van der Waals surface area contributed by atoms with Crippen molar-refractivity contribution in [3.8, 4) is 0 Å². The number of aromatic amines is 1. The summed E-state index contributed by atoms with van der Waals surface area (Å²) in [6.45, 7) is 2.12. The van der Waals surface area contributed by atoms with Crippen molar-refractivity contribution in [2.24, 2.45) is 0 Å². The first-order chi connectivity index (χ1) is 10.8. The van der Waals surface area contributed by atoms with Crippen LogP contribution in [0.3, 0.4) is 0 Å². The fourth-order valence-corrected chi connectivity index (χ4v) is 2.34. The summed E-state index contributed by atoms with van der Waals surface area (Å²) >= 11 is 0. The lowest BCUT2D eigenvalue weighted by molar-refractivity contribution is 1.07. The van der Waals surface area contributed by atoms with Crippen molar-refractivity contribution >= 4 is 24.6 Å². The normalized spacial score (nSPS) is 11.4. The van der Waals surface area contributed by atoms with Crippen LogP contribution in [-0.2, 0) is 6.42 Å². The molecule has 1 heterocycles. The molecule has 0 aliphatic carbocycles. The van der Waals surface area contributed by atoms with Crippen LogP contribution >= 0.6 is 0 Å². The van der Waals surface area contributed by atoms with E-state index in [9.17, 15) is 0 Å². The van der Waals surface area contributed by atoms with Gasteiger partial charge >= 0.3 is 0 Å². The zero-order valence-electron chi connectivity index (χ0n) is 12.7. The molecule has 0 saturated heterocycles. The third-order valence-corrected chi connectivity index (χ3v) is 3.55. The van der Waals surface area contributed by atoms with Crippen LogP contribution in [0.2, 0.25) is 0 Å². The Morgan fingerprint density at radius 3 is 2.36 bits per heavy atom. The van der Waals surface area contributed by atoms with E-state index in [1.165, 1.54) is 11.1 Å². The van der Waals surface area contributed by atoms with Gasteiger partial charge in [0.1, 0.15) is 0 Å². The molecule has 3 heteroatoms. The summed E-state index contributed by atoms with van der Waals surface area (Å²) in [5, 5.41) is 0. The third-order valence-electron chi connectivity index (χ3n) is 3.55. The molecule has 2 aromatic carbocycles. The summed E-state index contributed by atoms with van der Waals surface area (Å²) < 4.78 is 0. The lowest BCUT2D eigenvalue weighted by atomic mass is 9.65. The highest BCUT2D eigenvalue weighted by atomic mass is 14.9. The Balaban J connectivity index is 1.94. The maximum absolute atomic E-state index is 4.44. The summed E-state index contributed by atoms with van der Waals surface area (Å²) in [4.78, 5) is 7.78. The second-order valence-electron chi connectivity index (χ2n) is 5.17. The number of aryl methyl sites for hydroxylation is 1. The molecule has 0 fully saturated rings. The molecule has 3 rings (SSSR count). The van der Waals surface area contributed by atoms with E-state index in [1.54, 1.807) is 0 Å². The fourth-order valence-electron chi connectivity index (χ4n) is 2.34. The molecule has 0 atom stereocenters. The van der Waals surface area contributed by atoms with Crippen molar-refractivity contribution in [2.75, 3.05) is 0 Å². The molecular weight excluding hydrogens is 267 g/mol. The standard InChI is InChI=1S/C19H18BN2/c1-2-17-14-21-19(22-17)20-18(16-11-7-4-8-12-16)13-15-9-5-3-6-10-15/h3-14H,2H2,1H3,(H,21,22). The molecular formula is C19H18BN2. The van der Waals surface area contributed by atoms with Crippen molar-refractivity contribution in [3.63, 3.8) is 0 Å². The Morgan fingerprint density at radius 1 is 1.05 bits per heavy atom. The number of nitrogens with one attached hydrogen (secondary N) is 1. The van der Waals surface area contributed by atoms with E-state index in [2.05, 4.69) is 78.8 Å². The summed E-state index contributed by atoms with van der Waals surface area (Å²) in [6, 6.07) is 20.7. The van der Waals surface area contributed by atoms with Gasteiger partial charge in [-0.1, -0.05) is 79.1 Å². The summed E-state index contributed by atoms with van der Waals surface area (Å²) in [5.41, 5.74) is 5.55. The topological polar surface area (TPSA) is 28.7 Å². The predicted molar refractivity (Wildman–Crippen MR) is 94.1 cm³/mol. The van der Waals surface area contributed by atoms with Crippen molar-refractivity contribution < 1.29 is 0 Å². The van der Waals surface area contributed by atoms with Crippen LogP contribution in [0.1, 0.15) is 23.7 Å². The van der Waals surface area contributed by atoms with E-state index in [0.29, 0.717) is 0 Å². The largest absolute Gasteiger partial charge is 0.354 e. The van der Waals surface area contributed by atoms with Gasteiger partial charge in [-0.05, 0) is 17.5 Å². The molecule has 1 radical (unpaired) electrons. The van der Waals surface area contributed by atoms with Crippen LogP contribution in [0.15, 0.2) is 66.9 Å². The third kappa shape index (κ3) is 3.56. The lowest BCUT2D eigenvalue weighted by Gasteiger charge is -2.06. The zero-order valence-corrected chi connectivity index (χ0v) is 12.7.